The number of amides is 5. The van der Waals surface area contributed by atoms with Crippen LogP contribution in [-0.4, -0.2) is 88.7 Å². The predicted octanol–water partition coefficient (Wildman–Crippen LogP) is 5.05. The van der Waals surface area contributed by atoms with E-state index in [0.717, 1.165) is 12.0 Å². The summed E-state index contributed by atoms with van der Waals surface area (Å²) in [5.41, 5.74) is 0.735. The molecule has 0 aromatic heterocycles. The van der Waals surface area contributed by atoms with E-state index >= 15 is 0 Å². The minimum atomic E-state index is -1.22. The number of halogens is 1. The summed E-state index contributed by atoms with van der Waals surface area (Å²) in [7, 11) is 0. The van der Waals surface area contributed by atoms with Gasteiger partial charge in [0.15, 0.2) is 0 Å². The van der Waals surface area contributed by atoms with Crippen LogP contribution in [0.4, 0.5) is 16.2 Å². The van der Waals surface area contributed by atoms with Crippen LogP contribution in [0.25, 0.3) is 0 Å². The third-order valence-corrected chi connectivity index (χ3v) is 9.13. The summed E-state index contributed by atoms with van der Waals surface area (Å²) in [5.74, 6) is -3.22. The fraction of sp³-hybridized carbons (Fsp3) is 0.487. The Labute approximate surface area is 316 Å². The van der Waals surface area contributed by atoms with Gasteiger partial charge in [0.05, 0.1) is 11.4 Å². The summed E-state index contributed by atoms with van der Waals surface area (Å²) in [6.45, 7) is 9.72. The van der Waals surface area contributed by atoms with Crippen LogP contribution in [0.2, 0.25) is 5.02 Å². The SMILES string of the molecule is CC(C)[C@@H](NC(=O)OC(C)(C)C)C(=O)N1CCN(Cc2ccc(Cl)cc2)[C@@H](C(=O)N[C@@H]2CC=CCCCCC(=O)Nc3ccccc3NC(=O)C2=O)C1. The summed E-state index contributed by atoms with van der Waals surface area (Å²) < 4.78 is 5.41. The Bertz CT molecular complexity index is 1670. The highest BCUT2D eigenvalue weighted by Gasteiger charge is 2.39. The molecule has 2 heterocycles. The molecule has 4 N–H and O–H groups in total. The third-order valence-electron chi connectivity index (χ3n) is 8.88. The maximum absolute atomic E-state index is 14.3. The molecule has 1 saturated heterocycles. The van der Waals surface area contributed by atoms with E-state index in [0.29, 0.717) is 43.1 Å². The summed E-state index contributed by atoms with van der Waals surface area (Å²) >= 11 is 6.12. The van der Waals surface area contributed by atoms with Gasteiger partial charge in [-0.3, -0.25) is 28.9 Å². The number of nitrogens with zero attached hydrogens (tertiary/aromatic N) is 2. The van der Waals surface area contributed by atoms with Crippen LogP contribution in [0.3, 0.4) is 0 Å². The lowest BCUT2D eigenvalue weighted by Crippen LogP contribution is -2.63. The molecule has 14 heteroatoms. The number of Topliss-reactive ketones (excluding diaryl/α,β-unsaturated/α-hetero) is 1. The Hall–Kier alpha value is -4.75. The van der Waals surface area contributed by atoms with E-state index < -0.39 is 47.4 Å². The zero-order valence-corrected chi connectivity index (χ0v) is 31.8. The van der Waals surface area contributed by atoms with Gasteiger partial charge in [0.1, 0.15) is 23.7 Å². The largest absolute Gasteiger partial charge is 0.444 e. The Morgan fingerprint density at radius 1 is 0.943 bits per heavy atom. The highest BCUT2D eigenvalue weighted by atomic mass is 35.5. The number of carbonyl (C=O) groups excluding carboxylic acids is 6. The van der Waals surface area contributed by atoms with Crippen LogP contribution in [0.5, 0.6) is 0 Å². The lowest BCUT2D eigenvalue weighted by Gasteiger charge is -2.42. The molecule has 0 spiro atoms. The van der Waals surface area contributed by atoms with Crippen LogP contribution in [0.1, 0.15) is 72.3 Å². The van der Waals surface area contributed by atoms with E-state index in [-0.39, 0.29) is 42.9 Å². The number of alkyl carbamates (subject to hydrolysis) is 1. The molecule has 5 amide bonds. The van der Waals surface area contributed by atoms with Crippen molar-refractivity contribution in [3.8, 4) is 0 Å². The zero-order chi connectivity index (χ0) is 38.7. The number of carbonyl (C=O) groups is 6. The lowest BCUT2D eigenvalue weighted by atomic mass is 10.0. The summed E-state index contributed by atoms with van der Waals surface area (Å²) in [6, 6.07) is 10.8. The molecule has 3 atom stereocenters. The van der Waals surface area contributed by atoms with Gasteiger partial charge in [-0.1, -0.05) is 61.9 Å². The first-order valence-electron chi connectivity index (χ1n) is 18.1. The molecule has 2 aliphatic heterocycles. The van der Waals surface area contributed by atoms with Gasteiger partial charge in [0.25, 0.3) is 5.91 Å². The maximum atomic E-state index is 14.3. The van der Waals surface area contributed by atoms with Gasteiger partial charge in [0.2, 0.25) is 23.5 Å². The Balaban J connectivity index is 1.59. The van der Waals surface area contributed by atoms with E-state index in [1.54, 1.807) is 68.1 Å². The Kier molecular flexibility index (Phi) is 14.6. The number of anilines is 2. The number of ketones is 1. The van der Waals surface area contributed by atoms with Crippen LogP contribution in [0.15, 0.2) is 60.7 Å². The highest BCUT2D eigenvalue weighted by Crippen LogP contribution is 2.23. The number of allylic oxidation sites excluding steroid dienone is 1. The van der Waals surface area contributed by atoms with Gasteiger partial charge >= 0.3 is 6.09 Å². The number of piperazine rings is 1. The highest BCUT2D eigenvalue weighted by molar-refractivity contribution is 6.43. The average molecular weight is 751 g/mol. The van der Waals surface area contributed by atoms with Gasteiger partial charge in [0, 0.05) is 37.6 Å². The second kappa shape index (κ2) is 18.8. The number of rotatable bonds is 7. The topological polar surface area (TPSA) is 166 Å². The van der Waals surface area contributed by atoms with Crippen molar-refractivity contribution in [3.63, 3.8) is 0 Å². The molecule has 0 aliphatic carbocycles. The summed E-state index contributed by atoms with van der Waals surface area (Å²) in [4.78, 5) is 84.0. The molecule has 2 aromatic rings. The second-order valence-electron chi connectivity index (χ2n) is 14.7. The van der Waals surface area contributed by atoms with Crippen molar-refractivity contribution < 1.29 is 33.5 Å². The molecule has 0 saturated carbocycles. The fourth-order valence-corrected chi connectivity index (χ4v) is 6.21. The van der Waals surface area contributed by atoms with Crippen molar-refractivity contribution in [2.24, 2.45) is 5.92 Å². The maximum Gasteiger partial charge on any atom is 0.408 e. The number of benzene rings is 2. The molecule has 2 aromatic carbocycles. The zero-order valence-electron chi connectivity index (χ0n) is 31.1. The molecule has 2 aliphatic rings. The Morgan fingerprint density at radius 2 is 1.62 bits per heavy atom. The molecule has 13 nitrogen and oxygen atoms in total. The number of fused-ring (bicyclic) bond motifs is 1. The third kappa shape index (κ3) is 12.4. The van der Waals surface area contributed by atoms with Gasteiger partial charge in [-0.05, 0) is 82.2 Å². The first-order chi connectivity index (χ1) is 25.1. The molecule has 0 bridgehead atoms. The second-order valence-corrected chi connectivity index (χ2v) is 15.1. The lowest BCUT2D eigenvalue weighted by molar-refractivity contribution is -0.142. The summed E-state index contributed by atoms with van der Waals surface area (Å²) in [6.07, 6.45) is 5.28. The van der Waals surface area contributed by atoms with Crippen LogP contribution in [0, 0.1) is 5.92 Å². The van der Waals surface area contributed by atoms with Crippen molar-refractivity contribution in [1.29, 1.82) is 0 Å². The minimum Gasteiger partial charge on any atom is -0.444 e. The van der Waals surface area contributed by atoms with E-state index in [1.165, 1.54) is 0 Å². The summed E-state index contributed by atoms with van der Waals surface area (Å²) in [5, 5.41) is 11.5. The molecule has 286 valence electrons. The van der Waals surface area contributed by atoms with E-state index in [1.807, 2.05) is 37.0 Å². The fourth-order valence-electron chi connectivity index (χ4n) is 6.08. The van der Waals surface area contributed by atoms with E-state index in [2.05, 4.69) is 21.3 Å². The van der Waals surface area contributed by atoms with Crippen molar-refractivity contribution in [3.05, 3.63) is 71.3 Å². The average Bonchev–Trinajstić information content (AvgIpc) is 3.10. The van der Waals surface area contributed by atoms with Crippen LogP contribution < -0.4 is 21.3 Å². The van der Waals surface area contributed by atoms with Crippen molar-refractivity contribution in [2.45, 2.75) is 97.0 Å². The smallest absolute Gasteiger partial charge is 0.408 e. The number of hydrogen-bond acceptors (Lipinski definition) is 8. The van der Waals surface area contributed by atoms with E-state index in [9.17, 15) is 28.8 Å². The van der Waals surface area contributed by atoms with Crippen LogP contribution >= 0.6 is 11.6 Å². The predicted molar refractivity (Wildman–Crippen MR) is 203 cm³/mol. The minimum absolute atomic E-state index is 0.0342. The first-order valence-corrected chi connectivity index (χ1v) is 18.5. The number of ether oxygens (including phenoxy) is 1. The van der Waals surface area contributed by atoms with Crippen LogP contribution in [-0.2, 0) is 35.3 Å². The molecular weight excluding hydrogens is 700 g/mol. The standard InChI is InChI=1S/C39H51ClN6O7/c1-25(2)33(44-38(52)53-39(3,4)5)37(51)46-22-21-45(23-26-17-19-27(40)20-18-26)31(24-46)35(49)43-30-15-9-7-6-8-10-16-32(47)41-28-13-11-12-14-29(28)42-36(50)34(30)48/h7,9,11-14,17-20,25,30-31,33H,6,8,10,15-16,21-24H2,1-5H3,(H,41,47)(H,42,50)(H,43,49)(H,44,52)/t30-,31-,33-/m1/s1. The molecule has 0 radical (unpaired) electrons. The normalized spacial score (nSPS) is 19.9. The first kappa shape index (κ1) is 41.0. The quantitative estimate of drug-likeness (QED) is 0.225. The molecule has 4 rings (SSSR count). The number of hydrogen-bond donors (Lipinski definition) is 4. The van der Waals surface area contributed by atoms with Crippen molar-refractivity contribution >= 4 is 58.5 Å². The van der Waals surface area contributed by atoms with Gasteiger partial charge in [-0.25, -0.2) is 4.79 Å². The monoisotopic (exact) mass is 750 g/mol. The van der Waals surface area contributed by atoms with Gasteiger partial charge < -0.3 is 30.9 Å². The van der Waals surface area contributed by atoms with Crippen molar-refractivity contribution in [2.75, 3.05) is 30.3 Å². The van der Waals surface area contributed by atoms with Gasteiger partial charge in [-0.2, -0.15) is 0 Å². The van der Waals surface area contributed by atoms with Gasteiger partial charge in [-0.15, -0.1) is 0 Å². The molecular formula is C39H51ClN6O7. The molecule has 53 heavy (non-hydrogen) atoms. The number of para-hydroxylation sites is 2. The molecule has 1 fully saturated rings. The molecule has 0 unspecified atom stereocenters. The van der Waals surface area contributed by atoms with E-state index in [4.69, 9.17) is 16.3 Å². The van der Waals surface area contributed by atoms with Crippen molar-refractivity contribution in [1.82, 2.24) is 20.4 Å². The Morgan fingerprint density at radius 3 is 2.28 bits per heavy atom. The number of nitrogens with one attached hydrogen (secondary N) is 4.